The lowest BCUT2D eigenvalue weighted by Crippen LogP contribution is -2.33. The van der Waals surface area contributed by atoms with E-state index in [-0.39, 0.29) is 17.5 Å². The van der Waals surface area contributed by atoms with E-state index in [4.69, 9.17) is 5.11 Å². The van der Waals surface area contributed by atoms with Crippen molar-refractivity contribution in [2.45, 2.75) is 43.5 Å². The Bertz CT molecular complexity index is 635. The van der Waals surface area contributed by atoms with Crippen molar-refractivity contribution in [2.24, 2.45) is 0 Å². The first-order valence-electron chi connectivity index (χ1n) is 6.75. The Morgan fingerprint density at radius 2 is 2.05 bits per heavy atom. The summed E-state index contributed by atoms with van der Waals surface area (Å²) in [5, 5.41) is 8.78. The van der Waals surface area contributed by atoms with Gasteiger partial charge in [0, 0.05) is 11.6 Å². The maximum atomic E-state index is 12.4. The van der Waals surface area contributed by atoms with E-state index in [2.05, 4.69) is 16.6 Å². The van der Waals surface area contributed by atoms with Crippen LogP contribution < -0.4 is 4.72 Å². The van der Waals surface area contributed by atoms with Gasteiger partial charge < -0.3 is 5.11 Å². The molecule has 0 bridgehead atoms. The summed E-state index contributed by atoms with van der Waals surface area (Å²) in [4.78, 5) is 0.191. The summed E-state index contributed by atoms with van der Waals surface area (Å²) in [5.41, 5.74) is 1.37. The fourth-order valence-corrected chi connectivity index (χ4v) is 3.89. The van der Waals surface area contributed by atoms with E-state index in [0.717, 1.165) is 31.2 Å². The third kappa shape index (κ3) is 3.60. The average molecular weight is 293 g/mol. The van der Waals surface area contributed by atoms with Crippen molar-refractivity contribution in [1.29, 1.82) is 0 Å². The molecule has 1 aromatic carbocycles. The standard InChI is InChI=1S/C15H19NO3S/c1-12-8-9-15(13(11-12)5-4-10-17)20(18,19)16-14-6-2-3-7-14/h8-9,11,14,16-17H,2-3,6-7,10H2,1H3. The van der Waals surface area contributed by atoms with E-state index in [1.807, 2.05) is 6.92 Å². The molecule has 2 N–H and O–H groups in total. The summed E-state index contributed by atoms with van der Waals surface area (Å²) in [6.07, 6.45) is 3.92. The van der Waals surface area contributed by atoms with E-state index in [0.29, 0.717) is 5.56 Å². The summed E-state index contributed by atoms with van der Waals surface area (Å²) < 4.78 is 27.6. The van der Waals surface area contributed by atoms with Crippen molar-refractivity contribution in [3.63, 3.8) is 0 Å². The molecule has 0 aromatic heterocycles. The van der Waals surface area contributed by atoms with Crippen LogP contribution in [0.4, 0.5) is 0 Å². The predicted octanol–water partition coefficient (Wildman–Crippen LogP) is 1.56. The molecule has 0 unspecified atom stereocenters. The van der Waals surface area contributed by atoms with Gasteiger partial charge in [0.05, 0.1) is 4.90 Å². The van der Waals surface area contributed by atoms with Gasteiger partial charge in [0.2, 0.25) is 10.0 Å². The van der Waals surface area contributed by atoms with Crippen LogP contribution in [0.15, 0.2) is 23.1 Å². The van der Waals surface area contributed by atoms with Crippen LogP contribution in [-0.4, -0.2) is 26.2 Å². The van der Waals surface area contributed by atoms with Gasteiger partial charge in [-0.15, -0.1) is 0 Å². The zero-order valence-electron chi connectivity index (χ0n) is 11.5. The summed E-state index contributed by atoms with van der Waals surface area (Å²) in [6.45, 7) is 1.59. The Morgan fingerprint density at radius 3 is 2.70 bits per heavy atom. The Morgan fingerprint density at radius 1 is 1.35 bits per heavy atom. The molecule has 4 nitrogen and oxygen atoms in total. The molecule has 0 amide bonds. The van der Waals surface area contributed by atoms with E-state index in [9.17, 15) is 8.42 Å². The third-order valence-corrected chi connectivity index (χ3v) is 4.98. The van der Waals surface area contributed by atoms with Crippen LogP contribution in [-0.2, 0) is 10.0 Å². The quantitative estimate of drug-likeness (QED) is 0.831. The maximum absolute atomic E-state index is 12.4. The van der Waals surface area contributed by atoms with Crippen molar-refractivity contribution >= 4 is 10.0 Å². The predicted molar refractivity (Wildman–Crippen MR) is 77.7 cm³/mol. The highest BCUT2D eigenvalue weighted by atomic mass is 32.2. The molecule has 20 heavy (non-hydrogen) atoms. The van der Waals surface area contributed by atoms with Gasteiger partial charge in [-0.25, -0.2) is 13.1 Å². The second-order valence-corrected chi connectivity index (χ2v) is 6.74. The van der Waals surface area contributed by atoms with Crippen molar-refractivity contribution in [3.8, 4) is 11.8 Å². The van der Waals surface area contributed by atoms with Gasteiger partial charge >= 0.3 is 0 Å². The lowest BCUT2D eigenvalue weighted by atomic mass is 10.1. The largest absolute Gasteiger partial charge is 0.384 e. The molecule has 2 rings (SSSR count). The van der Waals surface area contributed by atoms with E-state index >= 15 is 0 Å². The van der Waals surface area contributed by atoms with Gasteiger partial charge in [-0.2, -0.15) is 0 Å². The first-order valence-corrected chi connectivity index (χ1v) is 8.24. The van der Waals surface area contributed by atoms with Crippen LogP contribution >= 0.6 is 0 Å². The Balaban J connectivity index is 2.34. The lowest BCUT2D eigenvalue weighted by Gasteiger charge is -2.14. The topological polar surface area (TPSA) is 66.4 Å². The molecule has 1 saturated carbocycles. The number of aryl methyl sites for hydroxylation is 1. The Labute approximate surface area is 120 Å². The molecule has 1 aliphatic rings. The molecule has 0 saturated heterocycles. The van der Waals surface area contributed by atoms with Crippen molar-refractivity contribution in [2.75, 3.05) is 6.61 Å². The first-order chi connectivity index (χ1) is 9.53. The maximum Gasteiger partial charge on any atom is 0.242 e. The minimum absolute atomic E-state index is 0.0277. The molecule has 0 atom stereocenters. The number of sulfonamides is 1. The highest BCUT2D eigenvalue weighted by Gasteiger charge is 2.24. The number of benzene rings is 1. The van der Waals surface area contributed by atoms with Crippen molar-refractivity contribution < 1.29 is 13.5 Å². The molecule has 1 aromatic rings. The SMILES string of the molecule is Cc1ccc(S(=O)(=O)NC2CCCC2)c(C#CCO)c1. The zero-order valence-corrected chi connectivity index (χ0v) is 12.3. The van der Waals surface area contributed by atoms with Crippen LogP contribution in [0.5, 0.6) is 0 Å². The van der Waals surface area contributed by atoms with Crippen molar-refractivity contribution in [3.05, 3.63) is 29.3 Å². The third-order valence-electron chi connectivity index (χ3n) is 3.40. The molecule has 5 heteroatoms. The van der Waals surface area contributed by atoms with Gasteiger partial charge in [-0.3, -0.25) is 0 Å². The van der Waals surface area contributed by atoms with Crippen LogP contribution in [0.1, 0.15) is 36.8 Å². The number of nitrogens with one attached hydrogen (secondary N) is 1. The molecule has 0 spiro atoms. The highest BCUT2D eigenvalue weighted by Crippen LogP contribution is 2.22. The summed E-state index contributed by atoms with van der Waals surface area (Å²) in [5.74, 6) is 5.23. The van der Waals surface area contributed by atoms with Crippen LogP contribution in [0, 0.1) is 18.8 Å². The minimum atomic E-state index is -3.56. The smallest absolute Gasteiger partial charge is 0.242 e. The van der Waals surface area contributed by atoms with Crippen LogP contribution in [0.25, 0.3) is 0 Å². The second-order valence-electron chi connectivity index (χ2n) is 5.06. The first kappa shape index (κ1) is 15.0. The molecule has 1 aliphatic carbocycles. The molecule has 0 heterocycles. The molecule has 108 valence electrons. The Kier molecular flexibility index (Phi) is 4.81. The lowest BCUT2D eigenvalue weighted by molar-refractivity contribution is 0.350. The number of aliphatic hydroxyl groups is 1. The van der Waals surface area contributed by atoms with Gasteiger partial charge in [0.1, 0.15) is 6.61 Å². The monoisotopic (exact) mass is 293 g/mol. The minimum Gasteiger partial charge on any atom is -0.384 e. The summed E-state index contributed by atoms with van der Waals surface area (Å²) >= 11 is 0. The number of aliphatic hydroxyl groups excluding tert-OH is 1. The van der Waals surface area contributed by atoms with Crippen LogP contribution in [0.2, 0.25) is 0 Å². The number of hydrogen-bond donors (Lipinski definition) is 2. The fraction of sp³-hybridized carbons (Fsp3) is 0.467. The highest BCUT2D eigenvalue weighted by molar-refractivity contribution is 7.89. The Hall–Kier alpha value is -1.35. The van der Waals surface area contributed by atoms with E-state index in [1.165, 1.54) is 0 Å². The van der Waals surface area contributed by atoms with E-state index < -0.39 is 10.0 Å². The average Bonchev–Trinajstić information content (AvgIpc) is 2.88. The molecule has 0 aliphatic heterocycles. The zero-order chi connectivity index (χ0) is 14.6. The van der Waals surface area contributed by atoms with Gasteiger partial charge in [0.25, 0.3) is 0 Å². The molecular weight excluding hydrogens is 274 g/mol. The number of rotatable bonds is 3. The van der Waals surface area contributed by atoms with Gasteiger partial charge in [0.15, 0.2) is 0 Å². The molecule has 0 radical (unpaired) electrons. The second kappa shape index (κ2) is 6.40. The fourth-order valence-electron chi connectivity index (χ4n) is 2.44. The molecular formula is C15H19NO3S. The van der Waals surface area contributed by atoms with Crippen molar-refractivity contribution in [1.82, 2.24) is 4.72 Å². The number of hydrogen-bond acceptors (Lipinski definition) is 3. The van der Waals surface area contributed by atoms with Crippen LogP contribution in [0.3, 0.4) is 0 Å². The normalized spacial score (nSPS) is 15.9. The van der Waals surface area contributed by atoms with Gasteiger partial charge in [-0.1, -0.05) is 30.7 Å². The summed E-state index contributed by atoms with van der Waals surface area (Å²) in [6, 6.07) is 5.09. The summed E-state index contributed by atoms with van der Waals surface area (Å²) in [7, 11) is -3.56. The van der Waals surface area contributed by atoms with Gasteiger partial charge in [-0.05, 0) is 37.5 Å². The van der Waals surface area contributed by atoms with E-state index in [1.54, 1.807) is 18.2 Å². The molecule has 1 fully saturated rings.